The number of aromatic amines is 1. The molecule has 0 fully saturated rings. The molecule has 2 aromatic carbocycles. The average molecular weight is 332 g/mol. The van der Waals surface area contributed by atoms with Gasteiger partial charge >= 0.3 is 0 Å². The van der Waals surface area contributed by atoms with E-state index in [-0.39, 0.29) is 11.9 Å². The van der Waals surface area contributed by atoms with Crippen LogP contribution >= 0.6 is 0 Å². The molecule has 0 bridgehead atoms. The number of carbonyl (C=O) groups is 1. The van der Waals surface area contributed by atoms with Crippen LogP contribution in [0.3, 0.4) is 0 Å². The van der Waals surface area contributed by atoms with E-state index in [2.05, 4.69) is 54.5 Å². The second kappa shape index (κ2) is 6.40. The number of H-pyrrole nitrogens is 1. The molecule has 0 aliphatic heterocycles. The SMILES string of the molecule is Cc1cccc(CC(=O)NC2CCc3[nH]c4ccc(C)cc4c3C2)c1. The molecule has 4 rings (SSSR count). The number of aromatic nitrogens is 1. The Balaban J connectivity index is 1.48. The second-order valence-electron chi connectivity index (χ2n) is 7.30. The standard InChI is InChI=1S/C22H24N2O/c1-14-4-3-5-16(10-14)12-22(25)23-17-7-9-21-19(13-17)18-11-15(2)6-8-20(18)24-21/h3-6,8,10-11,17,24H,7,9,12-13H2,1-2H3,(H,23,25). The molecule has 0 radical (unpaired) electrons. The van der Waals surface area contributed by atoms with Gasteiger partial charge in [0.1, 0.15) is 0 Å². The maximum Gasteiger partial charge on any atom is 0.224 e. The van der Waals surface area contributed by atoms with Crippen molar-refractivity contribution < 1.29 is 4.79 Å². The summed E-state index contributed by atoms with van der Waals surface area (Å²) in [5, 5.41) is 4.56. The number of amides is 1. The summed E-state index contributed by atoms with van der Waals surface area (Å²) >= 11 is 0. The summed E-state index contributed by atoms with van der Waals surface area (Å²) in [7, 11) is 0. The quantitative estimate of drug-likeness (QED) is 0.748. The van der Waals surface area contributed by atoms with Crippen molar-refractivity contribution >= 4 is 16.8 Å². The van der Waals surface area contributed by atoms with Gasteiger partial charge in [-0.2, -0.15) is 0 Å². The lowest BCUT2D eigenvalue weighted by atomic mass is 9.91. The zero-order chi connectivity index (χ0) is 17.4. The minimum Gasteiger partial charge on any atom is -0.358 e. The lowest BCUT2D eigenvalue weighted by Gasteiger charge is -2.23. The lowest BCUT2D eigenvalue weighted by Crippen LogP contribution is -2.39. The van der Waals surface area contributed by atoms with Gasteiger partial charge in [0.05, 0.1) is 6.42 Å². The molecule has 3 nitrogen and oxygen atoms in total. The molecule has 1 atom stereocenters. The fourth-order valence-electron chi connectivity index (χ4n) is 3.94. The first-order valence-electron chi connectivity index (χ1n) is 9.03. The Morgan fingerprint density at radius 1 is 1.16 bits per heavy atom. The molecule has 3 heteroatoms. The van der Waals surface area contributed by atoms with Gasteiger partial charge in [-0.15, -0.1) is 0 Å². The molecule has 0 saturated carbocycles. The molecule has 0 saturated heterocycles. The van der Waals surface area contributed by atoms with Crippen molar-refractivity contribution in [3.63, 3.8) is 0 Å². The van der Waals surface area contributed by atoms with Crippen LogP contribution in [0.1, 0.15) is 34.4 Å². The van der Waals surface area contributed by atoms with Gasteiger partial charge < -0.3 is 10.3 Å². The molecular weight excluding hydrogens is 308 g/mol. The third-order valence-electron chi connectivity index (χ3n) is 5.16. The van der Waals surface area contributed by atoms with Crippen LogP contribution < -0.4 is 5.32 Å². The summed E-state index contributed by atoms with van der Waals surface area (Å²) in [6.07, 6.45) is 3.37. The molecule has 1 heterocycles. The van der Waals surface area contributed by atoms with Crippen LogP contribution in [0.15, 0.2) is 42.5 Å². The topological polar surface area (TPSA) is 44.9 Å². The van der Waals surface area contributed by atoms with Gasteiger partial charge in [0, 0.05) is 22.6 Å². The molecular formula is C22H24N2O. The number of fused-ring (bicyclic) bond motifs is 3. The minimum atomic E-state index is 0.120. The number of hydrogen-bond acceptors (Lipinski definition) is 1. The lowest BCUT2D eigenvalue weighted by molar-refractivity contribution is -0.121. The van der Waals surface area contributed by atoms with Gasteiger partial charge in [0.15, 0.2) is 0 Å². The molecule has 1 aliphatic carbocycles. The summed E-state index contributed by atoms with van der Waals surface area (Å²) in [6, 6.07) is 15.0. The van der Waals surface area contributed by atoms with Crippen molar-refractivity contribution in [2.45, 2.75) is 45.6 Å². The smallest absolute Gasteiger partial charge is 0.224 e. The maximum absolute atomic E-state index is 12.4. The van der Waals surface area contributed by atoms with Gasteiger partial charge in [-0.1, -0.05) is 41.5 Å². The van der Waals surface area contributed by atoms with Crippen molar-refractivity contribution in [1.29, 1.82) is 0 Å². The first kappa shape index (κ1) is 15.9. The molecule has 128 valence electrons. The Labute approximate surface area is 148 Å². The van der Waals surface area contributed by atoms with Gasteiger partial charge in [-0.25, -0.2) is 0 Å². The van der Waals surface area contributed by atoms with E-state index in [1.54, 1.807) is 0 Å². The Morgan fingerprint density at radius 3 is 2.84 bits per heavy atom. The molecule has 0 spiro atoms. The minimum absolute atomic E-state index is 0.120. The van der Waals surface area contributed by atoms with Crippen molar-refractivity contribution in [3.05, 3.63) is 70.4 Å². The zero-order valence-corrected chi connectivity index (χ0v) is 14.9. The molecule has 1 unspecified atom stereocenters. The van der Waals surface area contributed by atoms with E-state index in [9.17, 15) is 4.79 Å². The number of rotatable bonds is 3. The summed E-state index contributed by atoms with van der Waals surface area (Å²) in [5.74, 6) is 0.120. The van der Waals surface area contributed by atoms with Crippen LogP contribution in [0.4, 0.5) is 0 Å². The summed E-state index contributed by atoms with van der Waals surface area (Å²) < 4.78 is 0. The van der Waals surface area contributed by atoms with Crippen molar-refractivity contribution in [1.82, 2.24) is 10.3 Å². The first-order valence-corrected chi connectivity index (χ1v) is 9.03. The highest BCUT2D eigenvalue weighted by molar-refractivity contribution is 5.86. The van der Waals surface area contributed by atoms with E-state index >= 15 is 0 Å². The molecule has 1 amide bonds. The van der Waals surface area contributed by atoms with Crippen molar-refractivity contribution in [2.75, 3.05) is 0 Å². The third kappa shape index (κ3) is 3.32. The normalized spacial score (nSPS) is 16.6. The fourth-order valence-corrected chi connectivity index (χ4v) is 3.94. The van der Waals surface area contributed by atoms with E-state index in [1.807, 2.05) is 12.1 Å². The summed E-state index contributed by atoms with van der Waals surface area (Å²) in [4.78, 5) is 16.0. The molecule has 1 aromatic heterocycles. The van der Waals surface area contributed by atoms with Crippen LogP contribution in [0.25, 0.3) is 10.9 Å². The fraction of sp³-hybridized carbons (Fsp3) is 0.318. The Morgan fingerprint density at radius 2 is 2.00 bits per heavy atom. The number of nitrogens with one attached hydrogen (secondary N) is 2. The Hall–Kier alpha value is -2.55. The largest absolute Gasteiger partial charge is 0.358 e. The highest BCUT2D eigenvalue weighted by Crippen LogP contribution is 2.29. The average Bonchev–Trinajstić information content (AvgIpc) is 2.92. The van der Waals surface area contributed by atoms with Gasteiger partial charge in [0.25, 0.3) is 0 Å². The predicted octanol–water partition coefficient (Wildman–Crippen LogP) is 4.00. The molecule has 25 heavy (non-hydrogen) atoms. The van der Waals surface area contributed by atoms with Crippen molar-refractivity contribution in [2.24, 2.45) is 0 Å². The highest BCUT2D eigenvalue weighted by Gasteiger charge is 2.23. The number of carbonyl (C=O) groups excluding carboxylic acids is 1. The monoisotopic (exact) mass is 332 g/mol. The Kier molecular flexibility index (Phi) is 4.08. The van der Waals surface area contributed by atoms with Crippen molar-refractivity contribution in [3.8, 4) is 0 Å². The van der Waals surface area contributed by atoms with E-state index < -0.39 is 0 Å². The summed E-state index contributed by atoms with van der Waals surface area (Å²) in [5.41, 5.74) is 7.48. The van der Waals surface area contributed by atoms with Crippen LogP contribution in [0, 0.1) is 13.8 Å². The van der Waals surface area contributed by atoms with Crippen LogP contribution in [0.2, 0.25) is 0 Å². The first-order chi connectivity index (χ1) is 12.1. The molecule has 3 aromatic rings. The second-order valence-corrected chi connectivity index (χ2v) is 7.30. The number of benzene rings is 2. The number of hydrogen-bond donors (Lipinski definition) is 2. The summed E-state index contributed by atoms with van der Waals surface area (Å²) in [6.45, 7) is 4.19. The molecule has 1 aliphatic rings. The van der Waals surface area contributed by atoms with Gasteiger partial charge in [-0.3, -0.25) is 4.79 Å². The van der Waals surface area contributed by atoms with Crippen LogP contribution in [-0.2, 0) is 24.1 Å². The van der Waals surface area contributed by atoms with Crippen LogP contribution in [-0.4, -0.2) is 16.9 Å². The Bertz CT molecular complexity index is 938. The predicted molar refractivity (Wildman–Crippen MR) is 102 cm³/mol. The van der Waals surface area contributed by atoms with Gasteiger partial charge in [-0.05, 0) is 56.4 Å². The van der Waals surface area contributed by atoms with E-state index in [1.165, 1.54) is 33.3 Å². The zero-order valence-electron chi connectivity index (χ0n) is 14.9. The van der Waals surface area contributed by atoms with E-state index in [4.69, 9.17) is 0 Å². The van der Waals surface area contributed by atoms with Gasteiger partial charge in [0.2, 0.25) is 5.91 Å². The maximum atomic E-state index is 12.4. The molecule has 2 N–H and O–H groups in total. The third-order valence-corrected chi connectivity index (χ3v) is 5.16. The highest BCUT2D eigenvalue weighted by atomic mass is 16.1. The number of aryl methyl sites for hydroxylation is 3. The van der Waals surface area contributed by atoms with E-state index in [0.29, 0.717) is 6.42 Å². The van der Waals surface area contributed by atoms with Crippen LogP contribution in [0.5, 0.6) is 0 Å². The van der Waals surface area contributed by atoms with E-state index in [0.717, 1.165) is 24.8 Å².